The van der Waals surface area contributed by atoms with Gasteiger partial charge in [0.25, 0.3) is 0 Å². The summed E-state index contributed by atoms with van der Waals surface area (Å²) in [6.07, 6.45) is 18.3. The molecule has 1 aromatic heterocycles. The van der Waals surface area contributed by atoms with Crippen LogP contribution in [0, 0.1) is 29.1 Å². The molecule has 0 bridgehead atoms. The first-order valence-corrected chi connectivity index (χ1v) is 14.4. The number of benzene rings is 1. The lowest BCUT2D eigenvalue weighted by molar-refractivity contribution is -0.142. The number of nitrogens with one attached hydrogen (secondary N) is 2. The van der Waals surface area contributed by atoms with E-state index in [9.17, 15) is 9.59 Å². The summed E-state index contributed by atoms with van der Waals surface area (Å²) in [6, 6.07) is 8.19. The van der Waals surface area contributed by atoms with Crippen molar-refractivity contribution in [3.8, 4) is 0 Å². The van der Waals surface area contributed by atoms with Crippen molar-refractivity contribution in [2.75, 3.05) is 0 Å². The molecule has 1 spiro atoms. The average Bonchev–Trinajstić information content (AvgIpc) is 3.46. The lowest BCUT2D eigenvalue weighted by atomic mass is 9.53. The minimum atomic E-state index is -1.13. The van der Waals surface area contributed by atoms with E-state index < -0.39 is 5.41 Å². The zero-order valence-corrected chi connectivity index (χ0v) is 23.5. The lowest BCUT2D eigenvalue weighted by Gasteiger charge is -2.46. The van der Waals surface area contributed by atoms with Gasteiger partial charge >= 0.3 is 0 Å². The third-order valence-corrected chi connectivity index (χ3v) is 9.47. The number of hydrogen-bond donors (Lipinski definition) is 2. The first-order chi connectivity index (χ1) is 18.3. The summed E-state index contributed by atoms with van der Waals surface area (Å²) in [5.41, 5.74) is 3.81. The van der Waals surface area contributed by atoms with Crippen LogP contribution in [0.15, 0.2) is 78.1 Å². The quantitative estimate of drug-likeness (QED) is 0.333. The molecule has 7 atom stereocenters. The van der Waals surface area contributed by atoms with Crippen LogP contribution in [0.2, 0.25) is 0 Å². The fraction of sp³-hybridized carbons (Fsp3) is 0.471. The molecule has 4 heteroatoms. The normalized spacial score (nSPS) is 35.9. The predicted octanol–water partition coefficient (Wildman–Crippen LogP) is 7.42. The Morgan fingerprint density at radius 1 is 1.11 bits per heavy atom. The molecule has 0 saturated carbocycles. The highest BCUT2D eigenvalue weighted by molar-refractivity contribution is 6.13. The van der Waals surface area contributed by atoms with Crippen molar-refractivity contribution in [3.05, 3.63) is 83.6 Å². The summed E-state index contributed by atoms with van der Waals surface area (Å²) >= 11 is 0. The maximum absolute atomic E-state index is 14.3. The van der Waals surface area contributed by atoms with Crippen LogP contribution in [0.3, 0.4) is 0 Å². The summed E-state index contributed by atoms with van der Waals surface area (Å²) in [4.78, 5) is 32.0. The second-order valence-electron chi connectivity index (χ2n) is 11.9. The SMILES string of the molecule is CC[C@@H]1C(C)=C[C@@H]2/C=C/C[C@H](C)/C=C(\C)CC/C=C/C(=O)[C@]23C(=O)N[C@@H](C(C)c2c[nH]c4ccccc24)[C@H]13. The average molecular weight is 511 g/mol. The maximum atomic E-state index is 14.3. The van der Waals surface area contributed by atoms with Gasteiger partial charge in [-0.3, -0.25) is 9.59 Å². The molecule has 1 fully saturated rings. The molecule has 4 nitrogen and oxygen atoms in total. The molecule has 2 aromatic rings. The first-order valence-electron chi connectivity index (χ1n) is 14.4. The molecule has 3 aliphatic rings. The molecular formula is C34H42N2O2. The Hall–Kier alpha value is -3.14. The minimum absolute atomic E-state index is 0.0422. The van der Waals surface area contributed by atoms with E-state index in [1.54, 1.807) is 6.08 Å². The van der Waals surface area contributed by atoms with E-state index in [0.29, 0.717) is 5.92 Å². The van der Waals surface area contributed by atoms with Gasteiger partial charge in [-0.05, 0) is 69.1 Å². The zero-order valence-electron chi connectivity index (χ0n) is 23.5. The van der Waals surface area contributed by atoms with Crippen molar-refractivity contribution in [2.24, 2.45) is 29.1 Å². The largest absolute Gasteiger partial charge is 0.361 e. The molecule has 1 unspecified atom stereocenters. The van der Waals surface area contributed by atoms with Gasteiger partial charge in [0.2, 0.25) is 5.91 Å². The van der Waals surface area contributed by atoms with Crippen LogP contribution >= 0.6 is 0 Å². The maximum Gasteiger partial charge on any atom is 0.235 e. The minimum Gasteiger partial charge on any atom is -0.361 e. The molecule has 1 saturated heterocycles. The lowest BCUT2D eigenvalue weighted by Crippen LogP contribution is -2.52. The highest BCUT2D eigenvalue weighted by Crippen LogP contribution is 2.57. The van der Waals surface area contributed by atoms with Gasteiger partial charge in [0.15, 0.2) is 5.78 Å². The van der Waals surface area contributed by atoms with Crippen LogP contribution in [0.1, 0.15) is 71.8 Å². The molecule has 2 N–H and O–H groups in total. The Bertz CT molecular complexity index is 1340. The second-order valence-corrected chi connectivity index (χ2v) is 11.9. The number of allylic oxidation sites excluding steroid dienone is 8. The molecule has 2 heterocycles. The Morgan fingerprint density at radius 2 is 1.89 bits per heavy atom. The Balaban J connectivity index is 1.64. The zero-order chi connectivity index (χ0) is 27.0. The molecule has 1 amide bonds. The van der Waals surface area contributed by atoms with Gasteiger partial charge in [0, 0.05) is 40.9 Å². The van der Waals surface area contributed by atoms with Crippen molar-refractivity contribution in [1.29, 1.82) is 0 Å². The van der Waals surface area contributed by atoms with Crippen molar-refractivity contribution < 1.29 is 9.59 Å². The summed E-state index contributed by atoms with van der Waals surface area (Å²) in [5, 5.41) is 4.59. The van der Waals surface area contributed by atoms with Crippen molar-refractivity contribution in [1.82, 2.24) is 10.3 Å². The molecule has 200 valence electrons. The number of aromatic amines is 1. The van der Waals surface area contributed by atoms with E-state index in [1.807, 2.05) is 12.1 Å². The first kappa shape index (κ1) is 26.5. The monoisotopic (exact) mass is 510 g/mol. The Kier molecular flexibility index (Phi) is 7.35. The number of fused-ring (bicyclic) bond motifs is 1. The van der Waals surface area contributed by atoms with Gasteiger partial charge in [-0.25, -0.2) is 0 Å². The predicted molar refractivity (Wildman–Crippen MR) is 156 cm³/mol. The number of ketones is 1. The van der Waals surface area contributed by atoms with Crippen LogP contribution in [-0.4, -0.2) is 22.7 Å². The van der Waals surface area contributed by atoms with Crippen LogP contribution in [0.4, 0.5) is 0 Å². The molecule has 5 rings (SSSR count). The number of carbonyl (C=O) groups is 2. The van der Waals surface area contributed by atoms with E-state index in [4.69, 9.17) is 0 Å². The summed E-state index contributed by atoms with van der Waals surface area (Å²) in [7, 11) is 0. The van der Waals surface area contributed by atoms with E-state index >= 15 is 0 Å². The van der Waals surface area contributed by atoms with Crippen molar-refractivity contribution >= 4 is 22.6 Å². The van der Waals surface area contributed by atoms with Crippen molar-refractivity contribution in [3.63, 3.8) is 0 Å². The van der Waals surface area contributed by atoms with Crippen LogP contribution in [0.5, 0.6) is 0 Å². The van der Waals surface area contributed by atoms with Crippen LogP contribution < -0.4 is 5.32 Å². The fourth-order valence-corrected chi connectivity index (χ4v) is 7.60. The van der Waals surface area contributed by atoms with Gasteiger partial charge in [0.1, 0.15) is 5.41 Å². The number of para-hydroxylation sites is 1. The molecular weight excluding hydrogens is 468 g/mol. The van der Waals surface area contributed by atoms with E-state index in [2.05, 4.69) is 93.6 Å². The van der Waals surface area contributed by atoms with Crippen LogP contribution in [-0.2, 0) is 9.59 Å². The number of rotatable bonds is 3. The number of carbonyl (C=O) groups excluding carboxylic acids is 2. The van der Waals surface area contributed by atoms with E-state index in [1.165, 1.54) is 22.1 Å². The third-order valence-electron chi connectivity index (χ3n) is 9.47. The molecule has 2 aliphatic carbocycles. The number of aromatic nitrogens is 1. The van der Waals surface area contributed by atoms with Gasteiger partial charge in [-0.2, -0.15) is 0 Å². The van der Waals surface area contributed by atoms with Crippen LogP contribution in [0.25, 0.3) is 10.9 Å². The Morgan fingerprint density at radius 3 is 2.68 bits per heavy atom. The van der Waals surface area contributed by atoms with E-state index in [-0.39, 0.29) is 41.4 Å². The second kappa shape index (κ2) is 10.6. The highest BCUT2D eigenvalue weighted by atomic mass is 16.2. The summed E-state index contributed by atoms with van der Waals surface area (Å²) < 4.78 is 0. The van der Waals surface area contributed by atoms with Gasteiger partial charge in [-0.15, -0.1) is 0 Å². The third kappa shape index (κ3) is 4.32. The van der Waals surface area contributed by atoms with Crippen molar-refractivity contribution in [2.45, 2.75) is 72.3 Å². The number of H-pyrrole nitrogens is 1. The number of hydrogen-bond acceptors (Lipinski definition) is 2. The fourth-order valence-electron chi connectivity index (χ4n) is 7.60. The molecule has 38 heavy (non-hydrogen) atoms. The topological polar surface area (TPSA) is 62.0 Å². The summed E-state index contributed by atoms with van der Waals surface area (Å²) in [5.74, 6) is 0.0998. The van der Waals surface area contributed by atoms with Gasteiger partial charge in [0.05, 0.1) is 0 Å². The smallest absolute Gasteiger partial charge is 0.235 e. The molecule has 1 aromatic carbocycles. The highest BCUT2D eigenvalue weighted by Gasteiger charge is 2.66. The summed E-state index contributed by atoms with van der Waals surface area (Å²) in [6.45, 7) is 11.0. The standard InChI is InChI=1S/C34H42N2O2/c1-6-26-23(4)19-25-14-11-13-22(3)18-21(2)12-7-10-17-30(37)34(25)31(26)32(36-33(34)38)24(5)28-20-35-29-16-9-8-15-27(28)29/h8-11,14-20,22,24-26,31-32,35H,6-7,12-13H2,1-5H3,(H,36,38)/b14-11+,17-10+,21-18+/t22-,24?,25-,26+,31-,32-,34+/m0/s1. The Labute approximate surface area is 227 Å². The van der Waals surface area contributed by atoms with Gasteiger partial charge < -0.3 is 10.3 Å². The molecule has 0 radical (unpaired) electrons. The van der Waals surface area contributed by atoms with E-state index in [0.717, 1.165) is 31.2 Å². The molecule has 1 aliphatic heterocycles. The number of amides is 1. The van der Waals surface area contributed by atoms with Gasteiger partial charge in [-0.1, -0.05) is 80.5 Å².